The van der Waals surface area contributed by atoms with Gasteiger partial charge in [0.2, 0.25) is 0 Å². The molecule has 1 N–H and O–H groups in total. The topological polar surface area (TPSA) is 90.8 Å². The summed E-state index contributed by atoms with van der Waals surface area (Å²) in [6, 6.07) is 0. The number of aromatic nitrogens is 6. The first-order valence-corrected chi connectivity index (χ1v) is 7.21. The molecule has 3 rings (SSSR count). The molecular formula is C12H14N6O2S. The molecule has 9 heteroatoms. The summed E-state index contributed by atoms with van der Waals surface area (Å²) in [5.74, 6) is -0.921. The molecule has 0 saturated carbocycles. The number of hydrogen-bond donors (Lipinski definition) is 1. The molecule has 0 saturated heterocycles. The zero-order valence-electron chi connectivity index (χ0n) is 11.8. The van der Waals surface area contributed by atoms with Crippen LogP contribution in [0.1, 0.15) is 5.69 Å². The van der Waals surface area contributed by atoms with Gasteiger partial charge in [0, 0.05) is 20.3 Å². The van der Waals surface area contributed by atoms with E-state index in [0.29, 0.717) is 5.16 Å². The van der Waals surface area contributed by atoms with Crippen molar-refractivity contribution in [3.05, 3.63) is 18.1 Å². The molecule has 0 spiro atoms. The molecule has 0 bridgehead atoms. The molecule has 0 amide bonds. The van der Waals surface area contributed by atoms with Gasteiger partial charge in [0.25, 0.3) is 0 Å². The molecule has 0 aliphatic carbocycles. The van der Waals surface area contributed by atoms with E-state index in [1.54, 1.807) is 15.6 Å². The summed E-state index contributed by atoms with van der Waals surface area (Å²) in [6.45, 7) is 1.88. The summed E-state index contributed by atoms with van der Waals surface area (Å²) in [5, 5.41) is 18.0. The Morgan fingerprint density at radius 2 is 2.19 bits per heavy atom. The third-order valence-corrected chi connectivity index (χ3v) is 3.97. The van der Waals surface area contributed by atoms with Crippen molar-refractivity contribution < 1.29 is 9.90 Å². The van der Waals surface area contributed by atoms with Gasteiger partial charge in [-0.2, -0.15) is 10.2 Å². The minimum atomic E-state index is -0.875. The van der Waals surface area contributed by atoms with Gasteiger partial charge in [0.1, 0.15) is 5.52 Å². The average Bonchev–Trinajstić information content (AvgIpc) is 3.05. The maximum atomic E-state index is 10.8. The molecule has 0 atom stereocenters. The number of rotatable bonds is 4. The highest BCUT2D eigenvalue weighted by Crippen LogP contribution is 2.28. The number of carbonyl (C=O) groups is 1. The summed E-state index contributed by atoms with van der Waals surface area (Å²) in [5.41, 5.74) is 3.24. The first kappa shape index (κ1) is 13.7. The smallest absolute Gasteiger partial charge is 0.313 e. The van der Waals surface area contributed by atoms with Crippen molar-refractivity contribution in [2.24, 2.45) is 14.1 Å². The highest BCUT2D eigenvalue weighted by Gasteiger charge is 2.20. The fourth-order valence-electron chi connectivity index (χ4n) is 2.23. The van der Waals surface area contributed by atoms with E-state index in [1.165, 1.54) is 11.8 Å². The van der Waals surface area contributed by atoms with E-state index in [0.717, 1.165) is 22.5 Å². The van der Waals surface area contributed by atoms with Crippen molar-refractivity contribution in [1.29, 1.82) is 0 Å². The van der Waals surface area contributed by atoms with Gasteiger partial charge in [-0.05, 0) is 6.92 Å². The summed E-state index contributed by atoms with van der Waals surface area (Å²) < 4.78 is 5.32. The van der Waals surface area contributed by atoms with Crippen LogP contribution in [0.25, 0.3) is 16.9 Å². The van der Waals surface area contributed by atoms with Gasteiger partial charge >= 0.3 is 5.97 Å². The number of carboxylic acid groups (broad SMARTS) is 1. The summed E-state index contributed by atoms with van der Waals surface area (Å²) in [7, 11) is 3.67. The van der Waals surface area contributed by atoms with Crippen LogP contribution in [0.15, 0.2) is 17.6 Å². The predicted molar refractivity (Wildman–Crippen MR) is 77.7 cm³/mol. The lowest BCUT2D eigenvalue weighted by Crippen LogP contribution is -2.04. The summed E-state index contributed by atoms with van der Waals surface area (Å²) in [6.07, 6.45) is 3.57. The lowest BCUT2D eigenvalue weighted by molar-refractivity contribution is -0.133. The number of fused-ring (bicyclic) bond motifs is 1. The lowest BCUT2D eigenvalue weighted by Gasteiger charge is -2.05. The molecule has 0 aliphatic rings. The molecule has 3 aromatic heterocycles. The maximum Gasteiger partial charge on any atom is 0.313 e. The van der Waals surface area contributed by atoms with Crippen LogP contribution in [0, 0.1) is 6.92 Å². The van der Waals surface area contributed by atoms with E-state index < -0.39 is 5.97 Å². The highest BCUT2D eigenvalue weighted by molar-refractivity contribution is 7.99. The number of carboxylic acids is 1. The molecule has 21 heavy (non-hydrogen) atoms. The fraction of sp³-hybridized carbons (Fsp3) is 0.333. The van der Waals surface area contributed by atoms with Gasteiger partial charge in [-0.3, -0.25) is 14.0 Å². The first-order valence-electron chi connectivity index (χ1n) is 6.23. The normalized spacial score (nSPS) is 11.4. The molecular weight excluding hydrogens is 292 g/mol. The van der Waals surface area contributed by atoms with E-state index in [2.05, 4.69) is 15.2 Å². The van der Waals surface area contributed by atoms with Crippen LogP contribution in [0.4, 0.5) is 0 Å². The third kappa shape index (κ3) is 2.29. The van der Waals surface area contributed by atoms with Crippen LogP contribution in [0.3, 0.4) is 0 Å². The second kappa shape index (κ2) is 4.92. The maximum absolute atomic E-state index is 10.8. The van der Waals surface area contributed by atoms with Crippen molar-refractivity contribution >= 4 is 28.9 Å². The van der Waals surface area contributed by atoms with Crippen molar-refractivity contribution in [3.63, 3.8) is 0 Å². The molecule has 3 aromatic rings. The largest absolute Gasteiger partial charge is 0.481 e. The highest BCUT2D eigenvalue weighted by atomic mass is 32.2. The lowest BCUT2D eigenvalue weighted by atomic mass is 10.4. The van der Waals surface area contributed by atoms with Crippen LogP contribution in [0.2, 0.25) is 0 Å². The Bertz CT molecular complexity index is 830. The van der Waals surface area contributed by atoms with Crippen LogP contribution < -0.4 is 0 Å². The third-order valence-electron chi connectivity index (χ3n) is 3.05. The van der Waals surface area contributed by atoms with Gasteiger partial charge in [-0.25, -0.2) is 9.67 Å². The van der Waals surface area contributed by atoms with Crippen LogP contribution in [0.5, 0.6) is 0 Å². The number of aryl methyl sites for hydroxylation is 3. The van der Waals surface area contributed by atoms with Crippen molar-refractivity contribution in [2.45, 2.75) is 12.1 Å². The number of aliphatic carboxylic acids is 1. The first-order chi connectivity index (χ1) is 9.97. The van der Waals surface area contributed by atoms with Gasteiger partial charge in [-0.1, -0.05) is 11.8 Å². The monoisotopic (exact) mass is 306 g/mol. The molecule has 8 nitrogen and oxygen atoms in total. The fourth-order valence-corrected chi connectivity index (χ4v) is 2.96. The SMILES string of the molecule is Cc1nn(C)c2c1nc(SCC(=O)O)n2-c1cnn(C)c1. The number of hydrogen-bond acceptors (Lipinski definition) is 5. The van der Waals surface area contributed by atoms with E-state index in [9.17, 15) is 4.79 Å². The Hall–Kier alpha value is -2.29. The van der Waals surface area contributed by atoms with Gasteiger partial charge in [-0.15, -0.1) is 0 Å². The van der Waals surface area contributed by atoms with E-state index >= 15 is 0 Å². The average molecular weight is 306 g/mol. The Morgan fingerprint density at radius 1 is 1.43 bits per heavy atom. The molecule has 0 unspecified atom stereocenters. The second-order valence-electron chi connectivity index (χ2n) is 4.67. The van der Waals surface area contributed by atoms with Crippen molar-refractivity contribution in [2.75, 3.05) is 5.75 Å². The Labute approximate surface area is 124 Å². The Kier molecular flexibility index (Phi) is 3.20. The second-order valence-corrected chi connectivity index (χ2v) is 5.61. The van der Waals surface area contributed by atoms with Gasteiger partial charge in [0.05, 0.1) is 23.3 Å². The van der Waals surface area contributed by atoms with Crippen molar-refractivity contribution in [3.8, 4) is 5.69 Å². The predicted octanol–water partition coefficient (Wildman–Crippen LogP) is 0.978. The quantitative estimate of drug-likeness (QED) is 0.723. The summed E-state index contributed by atoms with van der Waals surface area (Å²) in [4.78, 5) is 15.4. The molecule has 0 aliphatic heterocycles. The minimum Gasteiger partial charge on any atom is -0.481 e. The Morgan fingerprint density at radius 3 is 2.81 bits per heavy atom. The van der Waals surface area contributed by atoms with Crippen LogP contribution in [-0.4, -0.2) is 45.9 Å². The zero-order valence-corrected chi connectivity index (χ0v) is 12.6. The molecule has 0 aromatic carbocycles. The van der Waals surface area contributed by atoms with Gasteiger partial charge in [0.15, 0.2) is 10.8 Å². The van der Waals surface area contributed by atoms with Crippen LogP contribution in [-0.2, 0) is 18.9 Å². The summed E-state index contributed by atoms with van der Waals surface area (Å²) >= 11 is 1.18. The molecule has 110 valence electrons. The molecule has 0 fully saturated rings. The molecule has 3 heterocycles. The van der Waals surface area contributed by atoms with E-state index in [4.69, 9.17) is 5.11 Å². The van der Waals surface area contributed by atoms with Crippen molar-refractivity contribution in [1.82, 2.24) is 29.1 Å². The van der Waals surface area contributed by atoms with E-state index in [1.807, 2.05) is 31.8 Å². The zero-order chi connectivity index (χ0) is 15.1. The Balaban J connectivity index is 2.21. The molecule has 0 radical (unpaired) electrons. The van der Waals surface area contributed by atoms with Gasteiger partial charge < -0.3 is 5.11 Å². The number of thioether (sulfide) groups is 1. The standard InChI is InChI=1S/C12H14N6O2S/c1-7-10-11(17(3)15-7)18(8-4-13-16(2)5-8)12(14-10)21-6-9(19)20/h4-5H,6H2,1-3H3,(H,19,20). The van der Waals surface area contributed by atoms with E-state index in [-0.39, 0.29) is 5.75 Å². The minimum absolute atomic E-state index is 0.0456. The number of nitrogens with zero attached hydrogens (tertiary/aromatic N) is 6. The van der Waals surface area contributed by atoms with Crippen LogP contribution >= 0.6 is 11.8 Å². The number of imidazole rings is 1.